The molecule has 0 aliphatic carbocycles. The summed E-state index contributed by atoms with van der Waals surface area (Å²) in [6.45, 7) is 3.32. The van der Waals surface area contributed by atoms with E-state index in [1.54, 1.807) is 38.4 Å². The molecule has 2 aliphatic rings. The van der Waals surface area contributed by atoms with E-state index in [0.717, 1.165) is 28.9 Å². The van der Waals surface area contributed by atoms with E-state index in [-0.39, 0.29) is 12.0 Å². The van der Waals surface area contributed by atoms with Crippen LogP contribution in [-0.2, 0) is 4.74 Å². The van der Waals surface area contributed by atoms with Gasteiger partial charge in [0.2, 0.25) is 0 Å². The lowest BCUT2D eigenvalue weighted by Gasteiger charge is -2.31. The minimum absolute atomic E-state index is 0.142. The van der Waals surface area contributed by atoms with Gasteiger partial charge in [0, 0.05) is 49.2 Å². The molecule has 0 spiro atoms. The SMILES string of the molecule is COc1cc(-c2nccc3c2C(OC2CCN(C(=O)c4coc(C)n4)C2)NCN3)cnc1OC. The lowest BCUT2D eigenvalue weighted by molar-refractivity contribution is -0.0261. The number of aromatic nitrogens is 3. The average Bonchev–Trinajstić information content (AvgIpc) is 3.52. The Morgan fingerprint density at radius 2 is 2.15 bits per heavy atom. The van der Waals surface area contributed by atoms with Crippen LogP contribution in [0.3, 0.4) is 0 Å². The Balaban J connectivity index is 1.38. The fraction of sp³-hybridized carbons (Fsp3) is 0.391. The number of oxazole rings is 1. The molecule has 2 N–H and O–H groups in total. The Morgan fingerprint density at radius 1 is 1.26 bits per heavy atom. The highest BCUT2D eigenvalue weighted by Gasteiger charge is 2.33. The van der Waals surface area contributed by atoms with Gasteiger partial charge in [-0.1, -0.05) is 0 Å². The molecule has 11 heteroatoms. The van der Waals surface area contributed by atoms with Crippen LogP contribution in [0.5, 0.6) is 11.6 Å². The summed E-state index contributed by atoms with van der Waals surface area (Å²) >= 11 is 0. The van der Waals surface area contributed by atoms with E-state index < -0.39 is 6.23 Å². The number of methoxy groups -OCH3 is 2. The number of hydrogen-bond acceptors (Lipinski definition) is 10. The zero-order chi connectivity index (χ0) is 23.7. The van der Waals surface area contributed by atoms with Gasteiger partial charge in [-0.15, -0.1) is 0 Å². The molecular weight excluding hydrogens is 440 g/mol. The molecule has 5 rings (SSSR count). The maximum absolute atomic E-state index is 12.7. The highest BCUT2D eigenvalue weighted by molar-refractivity contribution is 5.92. The number of carbonyl (C=O) groups excluding carboxylic acids is 1. The first-order valence-electron chi connectivity index (χ1n) is 11.0. The number of nitrogens with one attached hydrogen (secondary N) is 2. The molecule has 0 aromatic carbocycles. The second-order valence-electron chi connectivity index (χ2n) is 8.04. The third-order valence-electron chi connectivity index (χ3n) is 5.92. The number of ether oxygens (including phenoxy) is 3. The van der Waals surface area contributed by atoms with E-state index in [1.807, 2.05) is 12.1 Å². The van der Waals surface area contributed by atoms with Crippen molar-refractivity contribution in [2.24, 2.45) is 0 Å². The number of anilines is 1. The second-order valence-corrected chi connectivity index (χ2v) is 8.04. The zero-order valence-electron chi connectivity index (χ0n) is 19.2. The van der Waals surface area contributed by atoms with Crippen LogP contribution < -0.4 is 20.1 Å². The first-order valence-corrected chi connectivity index (χ1v) is 11.0. The fourth-order valence-electron chi connectivity index (χ4n) is 4.28. The summed E-state index contributed by atoms with van der Waals surface area (Å²) in [7, 11) is 3.12. The standard InChI is InChI=1S/C23H26N6O5/c1-13-28-17(11-33-13)23(30)29-7-5-15(10-29)34-22-19-16(26-12-27-22)4-6-24-20(19)14-8-18(31-2)21(32-3)25-9-14/h4,6,8-9,11,15,22,26-27H,5,7,10,12H2,1-3H3. The number of rotatable bonds is 6. The monoisotopic (exact) mass is 466 g/mol. The Hall–Kier alpha value is -3.70. The van der Waals surface area contributed by atoms with Crippen molar-refractivity contribution in [2.45, 2.75) is 25.7 Å². The Morgan fingerprint density at radius 3 is 2.91 bits per heavy atom. The van der Waals surface area contributed by atoms with Crippen LogP contribution in [0.2, 0.25) is 0 Å². The summed E-state index contributed by atoms with van der Waals surface area (Å²) < 4.78 is 22.3. The maximum atomic E-state index is 12.7. The predicted molar refractivity (Wildman–Crippen MR) is 122 cm³/mol. The van der Waals surface area contributed by atoms with Crippen molar-refractivity contribution in [1.29, 1.82) is 0 Å². The molecule has 178 valence electrons. The van der Waals surface area contributed by atoms with Gasteiger partial charge < -0.3 is 28.8 Å². The largest absolute Gasteiger partial charge is 0.491 e. The van der Waals surface area contributed by atoms with Crippen molar-refractivity contribution in [3.63, 3.8) is 0 Å². The minimum atomic E-state index is -0.414. The van der Waals surface area contributed by atoms with Crippen LogP contribution in [-0.4, -0.2) is 65.8 Å². The third-order valence-corrected chi connectivity index (χ3v) is 5.92. The first kappa shape index (κ1) is 22.1. The van der Waals surface area contributed by atoms with Gasteiger partial charge in [-0.3, -0.25) is 15.1 Å². The molecule has 2 aliphatic heterocycles. The molecule has 34 heavy (non-hydrogen) atoms. The second kappa shape index (κ2) is 9.27. The fourth-order valence-corrected chi connectivity index (χ4v) is 4.28. The van der Waals surface area contributed by atoms with Crippen molar-refractivity contribution in [3.05, 3.63) is 47.9 Å². The molecule has 1 amide bonds. The molecule has 11 nitrogen and oxygen atoms in total. The molecule has 3 aromatic rings. The number of pyridine rings is 2. The number of hydrogen-bond donors (Lipinski definition) is 2. The van der Waals surface area contributed by atoms with Crippen molar-refractivity contribution in [1.82, 2.24) is 25.2 Å². The number of carbonyl (C=O) groups is 1. The van der Waals surface area contributed by atoms with Gasteiger partial charge in [-0.25, -0.2) is 9.97 Å². The summed E-state index contributed by atoms with van der Waals surface area (Å²) in [5.74, 6) is 1.23. The van der Waals surface area contributed by atoms with E-state index in [4.69, 9.17) is 18.6 Å². The van der Waals surface area contributed by atoms with Crippen LogP contribution in [0.15, 0.2) is 35.2 Å². The van der Waals surface area contributed by atoms with Gasteiger partial charge in [0.25, 0.3) is 11.8 Å². The molecule has 0 saturated carbocycles. The van der Waals surface area contributed by atoms with Crippen molar-refractivity contribution in [3.8, 4) is 22.9 Å². The van der Waals surface area contributed by atoms with Crippen LogP contribution in [0, 0.1) is 6.92 Å². The first-order chi connectivity index (χ1) is 16.6. The van der Waals surface area contributed by atoms with Crippen molar-refractivity contribution < 1.29 is 23.4 Å². The topological polar surface area (TPSA) is 124 Å². The quantitative estimate of drug-likeness (QED) is 0.559. The molecule has 2 unspecified atom stereocenters. The summed E-state index contributed by atoms with van der Waals surface area (Å²) in [5.41, 5.74) is 3.61. The summed E-state index contributed by atoms with van der Waals surface area (Å²) in [6, 6.07) is 3.76. The normalized spacial score (nSPS) is 19.4. The summed E-state index contributed by atoms with van der Waals surface area (Å²) in [6.07, 6.45) is 5.00. The highest BCUT2D eigenvalue weighted by Crippen LogP contribution is 2.38. The maximum Gasteiger partial charge on any atom is 0.275 e. The Labute approximate surface area is 196 Å². The van der Waals surface area contributed by atoms with Gasteiger partial charge in [0.05, 0.1) is 32.7 Å². The van der Waals surface area contributed by atoms with Crippen molar-refractivity contribution >= 4 is 11.6 Å². The molecular formula is C23H26N6O5. The van der Waals surface area contributed by atoms with E-state index >= 15 is 0 Å². The van der Waals surface area contributed by atoms with Gasteiger partial charge in [0.1, 0.15) is 12.5 Å². The van der Waals surface area contributed by atoms with Crippen LogP contribution in [0.25, 0.3) is 11.3 Å². The van der Waals surface area contributed by atoms with Crippen molar-refractivity contribution in [2.75, 3.05) is 39.3 Å². The van der Waals surface area contributed by atoms with Crippen LogP contribution in [0.1, 0.15) is 34.6 Å². The number of aryl methyl sites for hydroxylation is 1. The smallest absolute Gasteiger partial charge is 0.275 e. The molecule has 3 aromatic heterocycles. The molecule has 0 radical (unpaired) electrons. The van der Waals surface area contributed by atoms with Gasteiger partial charge in [-0.2, -0.15) is 0 Å². The van der Waals surface area contributed by atoms with Crippen LogP contribution >= 0.6 is 0 Å². The number of fused-ring (bicyclic) bond motifs is 1. The van der Waals surface area contributed by atoms with E-state index in [1.165, 1.54) is 6.26 Å². The number of likely N-dealkylation sites (tertiary alicyclic amines) is 1. The summed E-state index contributed by atoms with van der Waals surface area (Å²) in [5, 5.41) is 6.70. The van der Waals surface area contributed by atoms with Gasteiger partial charge >= 0.3 is 0 Å². The predicted octanol–water partition coefficient (Wildman–Crippen LogP) is 2.36. The van der Waals surface area contributed by atoms with Crippen LogP contribution in [0.4, 0.5) is 5.69 Å². The number of nitrogens with zero attached hydrogens (tertiary/aromatic N) is 4. The van der Waals surface area contributed by atoms with E-state index in [0.29, 0.717) is 43.0 Å². The molecule has 5 heterocycles. The number of amides is 1. The lowest BCUT2D eigenvalue weighted by Crippen LogP contribution is -2.38. The van der Waals surface area contributed by atoms with E-state index in [9.17, 15) is 4.79 Å². The molecule has 1 saturated heterocycles. The molecule has 0 bridgehead atoms. The Kier molecular flexibility index (Phi) is 6.03. The van der Waals surface area contributed by atoms with Gasteiger partial charge in [0.15, 0.2) is 17.3 Å². The lowest BCUT2D eigenvalue weighted by atomic mass is 10.0. The average molecular weight is 466 g/mol. The molecule has 2 atom stereocenters. The third kappa shape index (κ3) is 4.15. The highest BCUT2D eigenvalue weighted by atomic mass is 16.5. The minimum Gasteiger partial charge on any atom is -0.491 e. The zero-order valence-corrected chi connectivity index (χ0v) is 19.2. The van der Waals surface area contributed by atoms with E-state index in [2.05, 4.69) is 25.6 Å². The van der Waals surface area contributed by atoms with Gasteiger partial charge in [-0.05, 0) is 18.6 Å². The summed E-state index contributed by atoms with van der Waals surface area (Å²) in [4.78, 5) is 27.6. The molecule has 1 fully saturated rings. The Bertz CT molecular complexity index is 1200.